The number of benzene rings is 1. The molecule has 0 spiro atoms. The lowest BCUT2D eigenvalue weighted by atomic mass is 10.0. The normalized spacial score (nSPS) is 20.4. The van der Waals surface area contributed by atoms with E-state index in [4.69, 9.17) is 5.11 Å². The molecule has 1 saturated heterocycles. The Morgan fingerprint density at radius 1 is 1.16 bits per heavy atom. The van der Waals surface area contributed by atoms with Gasteiger partial charge in [-0.2, -0.15) is 0 Å². The molecule has 0 saturated carbocycles. The van der Waals surface area contributed by atoms with Crippen molar-refractivity contribution in [3.8, 4) is 0 Å². The fourth-order valence-electron chi connectivity index (χ4n) is 3.39. The molecule has 1 aromatic carbocycles. The van der Waals surface area contributed by atoms with Crippen molar-refractivity contribution in [1.29, 1.82) is 0 Å². The Bertz CT molecular complexity index is 550. The summed E-state index contributed by atoms with van der Waals surface area (Å²) in [6.45, 7) is 1.35. The number of aryl methyl sites for hydroxylation is 1. The van der Waals surface area contributed by atoms with E-state index in [9.17, 15) is 14.7 Å². The third-order valence-corrected chi connectivity index (χ3v) is 4.66. The van der Waals surface area contributed by atoms with E-state index in [1.54, 1.807) is 0 Å². The monoisotopic (exact) mass is 348 g/mol. The van der Waals surface area contributed by atoms with E-state index < -0.39 is 18.0 Å². The number of aliphatic carboxylic acids is 2. The molecule has 138 valence electrons. The van der Waals surface area contributed by atoms with Crippen LogP contribution in [0, 0.1) is 0 Å². The fourth-order valence-corrected chi connectivity index (χ4v) is 3.39. The Morgan fingerprint density at radius 3 is 2.60 bits per heavy atom. The second-order valence-electron chi connectivity index (χ2n) is 6.76. The van der Waals surface area contributed by atoms with Gasteiger partial charge in [-0.1, -0.05) is 43.2 Å². The highest BCUT2D eigenvalue weighted by atomic mass is 16.4. The highest BCUT2D eigenvalue weighted by molar-refractivity contribution is 5.73. The Morgan fingerprint density at radius 2 is 1.92 bits per heavy atom. The summed E-state index contributed by atoms with van der Waals surface area (Å²) in [5.41, 5.74) is 1.13. The molecule has 1 heterocycles. The minimum atomic E-state index is -0.845. The number of hydrogen-bond donors (Lipinski definition) is 3. The molecular formula is C19H28N2O4. The number of nitrogens with one attached hydrogen (secondary N) is 1. The van der Waals surface area contributed by atoms with Crippen molar-refractivity contribution < 1.29 is 19.8 Å². The van der Waals surface area contributed by atoms with Gasteiger partial charge < -0.3 is 15.5 Å². The topological polar surface area (TPSA) is 89.9 Å². The van der Waals surface area contributed by atoms with Crippen molar-refractivity contribution in [2.45, 2.75) is 50.6 Å². The van der Waals surface area contributed by atoms with Gasteiger partial charge in [0.1, 0.15) is 6.04 Å². The van der Waals surface area contributed by atoms with Gasteiger partial charge >= 0.3 is 11.9 Å². The first kappa shape index (κ1) is 19.4. The Hall–Kier alpha value is -1.92. The van der Waals surface area contributed by atoms with Crippen LogP contribution in [0.4, 0.5) is 0 Å². The molecule has 2 atom stereocenters. The van der Waals surface area contributed by atoms with Crippen LogP contribution in [0.15, 0.2) is 30.3 Å². The van der Waals surface area contributed by atoms with Gasteiger partial charge in [0.05, 0.1) is 6.54 Å². The van der Waals surface area contributed by atoms with Crippen molar-refractivity contribution in [3.63, 3.8) is 0 Å². The molecular weight excluding hydrogens is 320 g/mol. The van der Waals surface area contributed by atoms with Crippen LogP contribution in [0.5, 0.6) is 0 Å². The highest BCUT2D eigenvalue weighted by Crippen LogP contribution is 2.13. The number of nitrogens with zero attached hydrogens (tertiary/aromatic N) is 1. The first-order valence-electron chi connectivity index (χ1n) is 9.01. The molecule has 0 aliphatic carbocycles. The molecule has 2 rings (SSSR count). The van der Waals surface area contributed by atoms with Gasteiger partial charge in [-0.25, -0.2) is 0 Å². The number of likely N-dealkylation sites (tertiary alicyclic amines) is 1. The second-order valence-corrected chi connectivity index (χ2v) is 6.76. The predicted molar refractivity (Wildman–Crippen MR) is 95.7 cm³/mol. The summed E-state index contributed by atoms with van der Waals surface area (Å²) in [4.78, 5) is 24.6. The van der Waals surface area contributed by atoms with Crippen LogP contribution in [0.25, 0.3) is 0 Å². The maximum atomic E-state index is 11.6. The van der Waals surface area contributed by atoms with E-state index in [2.05, 4.69) is 5.32 Å². The van der Waals surface area contributed by atoms with E-state index in [0.717, 1.165) is 37.8 Å². The van der Waals surface area contributed by atoms with Gasteiger partial charge in [0.15, 0.2) is 0 Å². The van der Waals surface area contributed by atoms with Crippen LogP contribution in [0.3, 0.4) is 0 Å². The Labute approximate surface area is 148 Å². The van der Waals surface area contributed by atoms with E-state index >= 15 is 0 Å². The van der Waals surface area contributed by atoms with Crippen molar-refractivity contribution in [2.24, 2.45) is 0 Å². The minimum Gasteiger partial charge on any atom is -0.480 e. The summed E-state index contributed by atoms with van der Waals surface area (Å²) in [7, 11) is 0. The zero-order valence-electron chi connectivity index (χ0n) is 14.6. The van der Waals surface area contributed by atoms with E-state index in [1.165, 1.54) is 0 Å². The molecule has 3 N–H and O–H groups in total. The highest BCUT2D eigenvalue weighted by Gasteiger charge is 2.24. The zero-order valence-corrected chi connectivity index (χ0v) is 14.6. The van der Waals surface area contributed by atoms with Crippen LogP contribution >= 0.6 is 0 Å². The van der Waals surface area contributed by atoms with Crippen molar-refractivity contribution >= 4 is 11.9 Å². The van der Waals surface area contributed by atoms with Crippen LogP contribution in [-0.4, -0.2) is 58.8 Å². The number of hydrogen-bond acceptors (Lipinski definition) is 4. The van der Waals surface area contributed by atoms with Crippen molar-refractivity contribution in [3.05, 3.63) is 35.9 Å². The van der Waals surface area contributed by atoms with E-state index in [0.29, 0.717) is 19.4 Å². The molecule has 0 bridgehead atoms. The van der Waals surface area contributed by atoms with Gasteiger partial charge in [-0.3, -0.25) is 14.5 Å². The van der Waals surface area contributed by atoms with Crippen LogP contribution in [0.2, 0.25) is 0 Å². The zero-order chi connectivity index (χ0) is 18.1. The third kappa shape index (κ3) is 7.23. The number of rotatable bonds is 8. The average molecular weight is 348 g/mol. The van der Waals surface area contributed by atoms with E-state index in [-0.39, 0.29) is 12.6 Å². The van der Waals surface area contributed by atoms with Gasteiger partial charge in [-0.05, 0) is 37.8 Å². The first-order chi connectivity index (χ1) is 12.0. The van der Waals surface area contributed by atoms with Crippen molar-refractivity contribution in [1.82, 2.24) is 10.2 Å². The molecule has 0 unspecified atom stereocenters. The Kier molecular flexibility index (Phi) is 7.88. The maximum absolute atomic E-state index is 11.6. The Balaban J connectivity index is 1.93. The molecule has 0 amide bonds. The standard InChI is InChI=1S/C19H28N2O4/c22-18(23)14-21-12-6-2-5-9-16(13-21)20-17(19(24)25)11-10-15-7-3-1-4-8-15/h1,3-4,7-8,16-17,20H,2,5-6,9-14H2,(H,22,23)(H,24,25)/t16-,17-/m0/s1. The summed E-state index contributed by atoms with van der Waals surface area (Å²) in [6, 6.07) is 9.26. The fraction of sp³-hybridized carbons (Fsp3) is 0.579. The van der Waals surface area contributed by atoms with Crippen LogP contribution in [-0.2, 0) is 16.0 Å². The van der Waals surface area contributed by atoms with Gasteiger partial charge in [0.25, 0.3) is 0 Å². The summed E-state index contributed by atoms with van der Waals surface area (Å²) in [5.74, 6) is -1.68. The van der Waals surface area contributed by atoms with Gasteiger partial charge in [0.2, 0.25) is 0 Å². The summed E-state index contributed by atoms with van der Waals surface area (Å²) >= 11 is 0. The molecule has 0 aromatic heterocycles. The average Bonchev–Trinajstić information content (AvgIpc) is 2.55. The van der Waals surface area contributed by atoms with Crippen LogP contribution in [0.1, 0.15) is 37.7 Å². The van der Waals surface area contributed by atoms with Crippen LogP contribution < -0.4 is 5.32 Å². The number of carboxylic acids is 2. The molecule has 6 heteroatoms. The predicted octanol–water partition coefficient (Wildman–Crippen LogP) is 1.99. The lowest BCUT2D eigenvalue weighted by Gasteiger charge is -2.31. The minimum absolute atomic E-state index is 0.0107. The van der Waals surface area contributed by atoms with Crippen molar-refractivity contribution in [2.75, 3.05) is 19.6 Å². The SMILES string of the molecule is O=C(O)CN1CCCCC[C@H](N[C@@H](CCc2ccccc2)C(=O)O)C1. The van der Waals surface area contributed by atoms with Gasteiger partial charge in [0, 0.05) is 12.6 Å². The molecule has 25 heavy (non-hydrogen) atoms. The summed E-state index contributed by atoms with van der Waals surface area (Å²) in [5, 5.41) is 21.8. The number of carboxylic acid groups (broad SMARTS) is 2. The first-order valence-corrected chi connectivity index (χ1v) is 9.01. The molecule has 1 aliphatic rings. The molecule has 0 radical (unpaired) electrons. The lowest BCUT2D eigenvalue weighted by molar-refractivity contribution is -0.141. The number of carbonyl (C=O) groups is 2. The van der Waals surface area contributed by atoms with Gasteiger partial charge in [-0.15, -0.1) is 0 Å². The quantitative estimate of drug-likeness (QED) is 0.666. The largest absolute Gasteiger partial charge is 0.480 e. The lowest BCUT2D eigenvalue weighted by Crippen LogP contribution is -2.50. The smallest absolute Gasteiger partial charge is 0.320 e. The summed E-state index contributed by atoms with van der Waals surface area (Å²) in [6.07, 6.45) is 5.20. The third-order valence-electron chi connectivity index (χ3n) is 4.66. The maximum Gasteiger partial charge on any atom is 0.320 e. The molecule has 6 nitrogen and oxygen atoms in total. The summed E-state index contributed by atoms with van der Waals surface area (Å²) < 4.78 is 0. The molecule has 1 aromatic rings. The van der Waals surface area contributed by atoms with E-state index in [1.807, 2.05) is 35.2 Å². The second kappa shape index (κ2) is 10.2. The molecule has 1 fully saturated rings. The molecule has 1 aliphatic heterocycles.